The molecule has 1 aromatic heterocycles. The maximum atomic E-state index is 11.5. The number of hydrogen-bond donors (Lipinski definition) is 2. The summed E-state index contributed by atoms with van der Waals surface area (Å²) >= 11 is 0. The Morgan fingerprint density at radius 3 is 2.72 bits per heavy atom. The van der Waals surface area contributed by atoms with E-state index in [1.807, 2.05) is 20.8 Å². The minimum Gasteiger partial charge on any atom is -0.481 e. The van der Waals surface area contributed by atoms with Crippen molar-refractivity contribution in [3.05, 3.63) is 17.8 Å². The zero-order valence-electron chi connectivity index (χ0n) is 11.1. The number of nitrogens with zero attached hydrogens (tertiary/aromatic N) is 1. The number of alkyl carbamates (subject to hydrolysis) is 1. The van der Waals surface area contributed by atoms with E-state index in [1.54, 1.807) is 6.07 Å². The summed E-state index contributed by atoms with van der Waals surface area (Å²) in [6.45, 7) is 5.67. The molecule has 0 aliphatic heterocycles. The Bertz CT molecular complexity index is 427. The lowest BCUT2D eigenvalue weighted by molar-refractivity contribution is 0.130. The summed E-state index contributed by atoms with van der Waals surface area (Å²) in [5.41, 5.74) is 6.40. The highest BCUT2D eigenvalue weighted by molar-refractivity contribution is 5.68. The highest BCUT2D eigenvalue weighted by atomic mass is 16.5. The Morgan fingerprint density at radius 1 is 1.50 bits per heavy atom. The van der Waals surface area contributed by atoms with Crippen LogP contribution in [0.4, 0.5) is 10.5 Å². The van der Waals surface area contributed by atoms with Gasteiger partial charge < -0.3 is 20.5 Å². The molecule has 100 valence electrons. The Labute approximate surface area is 106 Å². The fourth-order valence-corrected chi connectivity index (χ4v) is 1.29. The summed E-state index contributed by atoms with van der Waals surface area (Å²) in [6, 6.07) is 1.66. The van der Waals surface area contributed by atoms with E-state index < -0.39 is 6.09 Å². The molecular formula is C12H19N3O3. The molecule has 0 unspecified atom stereocenters. The van der Waals surface area contributed by atoms with Gasteiger partial charge in [-0.05, 0) is 26.8 Å². The topological polar surface area (TPSA) is 86.5 Å². The molecule has 1 aromatic rings. The molecule has 0 radical (unpaired) electrons. The number of carbonyl (C=O) groups is 1. The molecule has 0 fully saturated rings. The van der Waals surface area contributed by atoms with Crippen molar-refractivity contribution in [2.24, 2.45) is 0 Å². The van der Waals surface area contributed by atoms with Gasteiger partial charge >= 0.3 is 6.09 Å². The summed E-state index contributed by atoms with van der Waals surface area (Å²) < 4.78 is 10.1. The molecule has 0 atom stereocenters. The number of nitrogens with two attached hydrogens (primary N) is 1. The number of amides is 1. The SMILES string of the molecule is COc1ncc(N)cc1COC(=O)NC(C)(C)C. The number of nitrogens with one attached hydrogen (secondary N) is 1. The van der Waals surface area contributed by atoms with Gasteiger partial charge in [0.05, 0.1) is 24.6 Å². The first-order chi connectivity index (χ1) is 8.31. The van der Waals surface area contributed by atoms with Gasteiger partial charge in [-0.3, -0.25) is 0 Å². The van der Waals surface area contributed by atoms with Crippen LogP contribution in [0.2, 0.25) is 0 Å². The molecule has 0 aliphatic carbocycles. The lowest BCUT2D eigenvalue weighted by atomic mass is 10.1. The van der Waals surface area contributed by atoms with Gasteiger partial charge in [-0.1, -0.05) is 0 Å². The minimum atomic E-state index is -0.494. The first-order valence-corrected chi connectivity index (χ1v) is 5.55. The van der Waals surface area contributed by atoms with Gasteiger partial charge in [0.15, 0.2) is 0 Å². The van der Waals surface area contributed by atoms with Crippen molar-refractivity contribution in [2.75, 3.05) is 12.8 Å². The first kappa shape index (κ1) is 14.1. The number of methoxy groups -OCH3 is 1. The molecule has 0 aromatic carbocycles. The predicted molar refractivity (Wildman–Crippen MR) is 68.3 cm³/mol. The molecular weight excluding hydrogens is 234 g/mol. The zero-order valence-corrected chi connectivity index (χ0v) is 11.1. The second-order valence-corrected chi connectivity index (χ2v) is 4.89. The van der Waals surface area contributed by atoms with Crippen LogP contribution in [0.25, 0.3) is 0 Å². The van der Waals surface area contributed by atoms with Crippen molar-refractivity contribution in [1.29, 1.82) is 0 Å². The number of aromatic nitrogens is 1. The van der Waals surface area contributed by atoms with E-state index in [0.717, 1.165) is 0 Å². The fraction of sp³-hybridized carbons (Fsp3) is 0.500. The Hall–Kier alpha value is -1.98. The van der Waals surface area contributed by atoms with E-state index >= 15 is 0 Å². The first-order valence-electron chi connectivity index (χ1n) is 5.55. The monoisotopic (exact) mass is 253 g/mol. The maximum absolute atomic E-state index is 11.5. The summed E-state index contributed by atoms with van der Waals surface area (Å²) in [4.78, 5) is 15.5. The summed E-state index contributed by atoms with van der Waals surface area (Å²) in [7, 11) is 1.50. The van der Waals surface area contributed by atoms with E-state index in [2.05, 4.69) is 10.3 Å². The summed E-state index contributed by atoms with van der Waals surface area (Å²) in [5.74, 6) is 0.396. The summed E-state index contributed by atoms with van der Waals surface area (Å²) in [5, 5.41) is 2.69. The molecule has 1 rings (SSSR count). The van der Waals surface area contributed by atoms with Crippen LogP contribution in [0, 0.1) is 0 Å². The van der Waals surface area contributed by atoms with Gasteiger partial charge in [-0.15, -0.1) is 0 Å². The fourth-order valence-electron chi connectivity index (χ4n) is 1.29. The van der Waals surface area contributed by atoms with E-state index in [9.17, 15) is 4.79 Å². The average Bonchev–Trinajstić information content (AvgIpc) is 2.24. The highest BCUT2D eigenvalue weighted by Gasteiger charge is 2.15. The van der Waals surface area contributed by atoms with E-state index in [-0.39, 0.29) is 12.1 Å². The number of anilines is 1. The van der Waals surface area contributed by atoms with Crippen molar-refractivity contribution >= 4 is 11.8 Å². The number of ether oxygens (including phenoxy) is 2. The lowest BCUT2D eigenvalue weighted by Gasteiger charge is -2.20. The number of rotatable bonds is 3. The third kappa shape index (κ3) is 4.48. The standard InChI is InChI=1S/C12H19N3O3/c1-12(2,3)15-11(16)18-7-8-5-9(13)6-14-10(8)17-4/h5-6H,7,13H2,1-4H3,(H,15,16). The van der Waals surface area contributed by atoms with Gasteiger partial charge in [0.2, 0.25) is 5.88 Å². The van der Waals surface area contributed by atoms with Crippen LogP contribution < -0.4 is 15.8 Å². The van der Waals surface area contributed by atoms with Crippen LogP contribution in [-0.2, 0) is 11.3 Å². The Balaban J connectivity index is 2.63. The third-order valence-electron chi connectivity index (χ3n) is 1.98. The van der Waals surface area contributed by atoms with E-state index in [0.29, 0.717) is 17.1 Å². The number of nitrogen functional groups attached to an aromatic ring is 1. The second kappa shape index (κ2) is 5.57. The predicted octanol–water partition coefficient (Wildman–Crippen LogP) is 1.70. The van der Waals surface area contributed by atoms with Crippen molar-refractivity contribution in [3.8, 4) is 5.88 Å². The number of pyridine rings is 1. The second-order valence-electron chi connectivity index (χ2n) is 4.89. The van der Waals surface area contributed by atoms with Crippen LogP contribution in [-0.4, -0.2) is 23.7 Å². The quantitative estimate of drug-likeness (QED) is 0.856. The highest BCUT2D eigenvalue weighted by Crippen LogP contribution is 2.18. The molecule has 18 heavy (non-hydrogen) atoms. The Morgan fingerprint density at radius 2 is 2.17 bits per heavy atom. The van der Waals surface area contributed by atoms with E-state index in [4.69, 9.17) is 15.2 Å². The Kier molecular flexibility index (Phi) is 4.36. The molecule has 0 bridgehead atoms. The molecule has 0 aliphatic rings. The molecule has 3 N–H and O–H groups in total. The van der Waals surface area contributed by atoms with Gasteiger partial charge in [0, 0.05) is 5.54 Å². The van der Waals surface area contributed by atoms with Crippen molar-refractivity contribution < 1.29 is 14.3 Å². The number of hydrogen-bond acceptors (Lipinski definition) is 5. The van der Waals surface area contributed by atoms with Crippen molar-refractivity contribution in [2.45, 2.75) is 32.9 Å². The van der Waals surface area contributed by atoms with Crippen LogP contribution in [0.5, 0.6) is 5.88 Å². The average molecular weight is 253 g/mol. The molecule has 0 saturated carbocycles. The minimum absolute atomic E-state index is 0.0587. The van der Waals surface area contributed by atoms with Crippen LogP contribution in [0.1, 0.15) is 26.3 Å². The van der Waals surface area contributed by atoms with Crippen LogP contribution in [0.15, 0.2) is 12.3 Å². The largest absolute Gasteiger partial charge is 0.481 e. The van der Waals surface area contributed by atoms with Crippen LogP contribution >= 0.6 is 0 Å². The smallest absolute Gasteiger partial charge is 0.407 e. The molecule has 0 saturated heterocycles. The maximum Gasteiger partial charge on any atom is 0.407 e. The molecule has 6 nitrogen and oxygen atoms in total. The van der Waals surface area contributed by atoms with Crippen molar-refractivity contribution in [3.63, 3.8) is 0 Å². The third-order valence-corrected chi connectivity index (χ3v) is 1.98. The van der Waals surface area contributed by atoms with Gasteiger partial charge in [0.1, 0.15) is 6.61 Å². The van der Waals surface area contributed by atoms with E-state index in [1.165, 1.54) is 13.3 Å². The van der Waals surface area contributed by atoms with Crippen molar-refractivity contribution in [1.82, 2.24) is 10.3 Å². The molecule has 1 heterocycles. The lowest BCUT2D eigenvalue weighted by Crippen LogP contribution is -2.40. The van der Waals surface area contributed by atoms with Gasteiger partial charge in [0.25, 0.3) is 0 Å². The molecule has 1 amide bonds. The zero-order chi connectivity index (χ0) is 13.8. The van der Waals surface area contributed by atoms with Gasteiger partial charge in [-0.25, -0.2) is 9.78 Å². The normalized spacial score (nSPS) is 10.9. The molecule has 6 heteroatoms. The molecule has 0 spiro atoms. The van der Waals surface area contributed by atoms with Gasteiger partial charge in [-0.2, -0.15) is 0 Å². The van der Waals surface area contributed by atoms with Crippen LogP contribution in [0.3, 0.4) is 0 Å². The number of carbonyl (C=O) groups excluding carboxylic acids is 1. The summed E-state index contributed by atoms with van der Waals surface area (Å²) in [6.07, 6.45) is 0.990.